The molecular formula is C42H48N4O3. The van der Waals surface area contributed by atoms with Crippen LogP contribution < -0.4 is 15.0 Å². The number of hydrogen-bond donors (Lipinski definition) is 1. The zero-order chi connectivity index (χ0) is 33.8. The molecule has 1 aliphatic carbocycles. The molecule has 7 rings (SSSR count). The number of carbonyl (C=O) groups excluding carboxylic acids is 2. The number of rotatable bonds is 10. The first kappa shape index (κ1) is 32.9. The number of anilines is 1. The summed E-state index contributed by atoms with van der Waals surface area (Å²) in [6.07, 6.45) is 2.94. The highest BCUT2D eigenvalue weighted by Crippen LogP contribution is 2.38. The molecule has 49 heavy (non-hydrogen) atoms. The first-order valence-electron chi connectivity index (χ1n) is 17.9. The molecule has 0 aromatic heterocycles. The van der Waals surface area contributed by atoms with Gasteiger partial charge in [-0.15, -0.1) is 0 Å². The van der Waals surface area contributed by atoms with Crippen LogP contribution in [0, 0.1) is 5.92 Å². The first-order valence-corrected chi connectivity index (χ1v) is 17.9. The maximum Gasteiger partial charge on any atom is 0.266 e. The third kappa shape index (κ3) is 7.83. The maximum atomic E-state index is 14.5. The largest absolute Gasteiger partial charge is 0.478 e. The summed E-state index contributed by atoms with van der Waals surface area (Å²) in [5, 5.41) is 3.31. The highest BCUT2D eigenvalue weighted by Gasteiger charge is 2.40. The van der Waals surface area contributed by atoms with E-state index < -0.39 is 5.60 Å². The van der Waals surface area contributed by atoms with E-state index in [1.165, 1.54) is 16.7 Å². The van der Waals surface area contributed by atoms with Gasteiger partial charge in [0.2, 0.25) is 5.91 Å². The number of nitrogens with zero attached hydrogens (tertiary/aromatic N) is 3. The highest BCUT2D eigenvalue weighted by atomic mass is 16.5. The van der Waals surface area contributed by atoms with Crippen molar-refractivity contribution in [2.75, 3.05) is 44.2 Å². The fourth-order valence-electron chi connectivity index (χ4n) is 7.42. The van der Waals surface area contributed by atoms with Gasteiger partial charge in [0.1, 0.15) is 5.75 Å². The fraction of sp³-hybridized carbons (Fsp3) is 0.381. The molecule has 0 radical (unpaired) electrons. The quantitative estimate of drug-likeness (QED) is 0.205. The molecule has 2 amide bonds. The average Bonchev–Trinajstić information content (AvgIpc) is 4.00. The van der Waals surface area contributed by atoms with E-state index in [0.717, 1.165) is 50.1 Å². The molecule has 7 heteroatoms. The summed E-state index contributed by atoms with van der Waals surface area (Å²) in [5.41, 5.74) is 4.82. The number of piperidine rings is 1. The fourth-order valence-corrected chi connectivity index (χ4v) is 7.42. The molecule has 1 N–H and O–H groups in total. The first-order chi connectivity index (χ1) is 23.8. The van der Waals surface area contributed by atoms with E-state index in [0.29, 0.717) is 38.0 Å². The number of amides is 2. The smallest absolute Gasteiger partial charge is 0.266 e. The number of ether oxygens (including phenoxy) is 1. The predicted molar refractivity (Wildman–Crippen MR) is 196 cm³/mol. The van der Waals surface area contributed by atoms with E-state index in [4.69, 9.17) is 4.74 Å². The van der Waals surface area contributed by atoms with Gasteiger partial charge in [-0.2, -0.15) is 0 Å². The van der Waals surface area contributed by atoms with E-state index in [1.54, 1.807) is 0 Å². The molecule has 7 nitrogen and oxygen atoms in total. The van der Waals surface area contributed by atoms with Gasteiger partial charge in [-0.3, -0.25) is 9.59 Å². The molecule has 2 heterocycles. The SMILES string of the molecule is CC(C)(Oc1cccc(N2CC(C(=O)N(Cc3ccc(-c4ccccc4)cc3)C3CC3)CC(c3ccccc3)C2)c1)C(=O)N1CCNCC1. The van der Waals surface area contributed by atoms with Crippen LogP contribution in [0.5, 0.6) is 5.75 Å². The van der Waals surface area contributed by atoms with Crippen LogP contribution in [-0.2, 0) is 16.1 Å². The Balaban J connectivity index is 1.10. The Morgan fingerprint density at radius 2 is 1.49 bits per heavy atom. The van der Waals surface area contributed by atoms with Crippen molar-refractivity contribution in [3.8, 4) is 16.9 Å². The second-order valence-electron chi connectivity index (χ2n) is 14.4. The third-order valence-corrected chi connectivity index (χ3v) is 10.2. The molecule has 0 spiro atoms. The Hall–Kier alpha value is -4.62. The average molecular weight is 657 g/mol. The molecule has 3 fully saturated rings. The lowest BCUT2D eigenvalue weighted by atomic mass is 9.83. The predicted octanol–water partition coefficient (Wildman–Crippen LogP) is 6.74. The molecule has 2 saturated heterocycles. The molecule has 1 saturated carbocycles. The van der Waals surface area contributed by atoms with Gasteiger partial charge in [-0.1, -0.05) is 91.0 Å². The van der Waals surface area contributed by atoms with Crippen LogP contribution >= 0.6 is 0 Å². The summed E-state index contributed by atoms with van der Waals surface area (Å²) in [6.45, 7) is 8.76. The Bertz CT molecular complexity index is 1720. The standard InChI is InChI=1S/C42H48N4O3/c1-42(2,41(48)44-24-22-43-23-25-44)49-39-15-9-14-38(27-39)45-29-35(33-12-7-4-8-13-33)26-36(30-45)40(47)46(37-20-21-37)28-31-16-18-34(19-17-31)32-10-5-3-6-11-32/h3-19,27,35-37,43H,20-26,28-30H2,1-2H3. The maximum absolute atomic E-state index is 14.5. The van der Waals surface area contributed by atoms with Crippen LogP contribution in [0.1, 0.15) is 50.2 Å². The Morgan fingerprint density at radius 1 is 0.816 bits per heavy atom. The highest BCUT2D eigenvalue weighted by molar-refractivity contribution is 5.85. The summed E-state index contributed by atoms with van der Waals surface area (Å²) < 4.78 is 6.40. The van der Waals surface area contributed by atoms with Gasteiger partial charge in [-0.05, 0) is 67.5 Å². The summed E-state index contributed by atoms with van der Waals surface area (Å²) >= 11 is 0. The van der Waals surface area contributed by atoms with Crippen molar-refractivity contribution in [2.45, 2.75) is 57.2 Å². The number of nitrogens with one attached hydrogen (secondary N) is 1. The zero-order valence-corrected chi connectivity index (χ0v) is 28.8. The van der Waals surface area contributed by atoms with Crippen LogP contribution in [0.25, 0.3) is 11.1 Å². The van der Waals surface area contributed by atoms with Crippen LogP contribution in [0.3, 0.4) is 0 Å². The molecular weight excluding hydrogens is 608 g/mol. The van der Waals surface area contributed by atoms with Gasteiger partial charge in [0.05, 0.1) is 5.92 Å². The lowest BCUT2D eigenvalue weighted by molar-refractivity contribution is -0.146. The lowest BCUT2D eigenvalue weighted by Crippen LogP contribution is -2.54. The summed E-state index contributed by atoms with van der Waals surface area (Å²) in [7, 11) is 0. The van der Waals surface area contributed by atoms with Gasteiger partial charge in [0.25, 0.3) is 5.91 Å². The van der Waals surface area contributed by atoms with E-state index in [1.807, 2.05) is 43.0 Å². The van der Waals surface area contributed by atoms with E-state index in [9.17, 15) is 9.59 Å². The van der Waals surface area contributed by atoms with Gasteiger partial charge < -0.3 is 24.8 Å². The van der Waals surface area contributed by atoms with Crippen molar-refractivity contribution in [1.29, 1.82) is 0 Å². The number of piperazine rings is 1. The van der Waals surface area contributed by atoms with Crippen molar-refractivity contribution in [2.24, 2.45) is 5.92 Å². The lowest BCUT2D eigenvalue weighted by Gasteiger charge is -2.41. The minimum absolute atomic E-state index is 0.00190. The second kappa shape index (κ2) is 14.5. The van der Waals surface area contributed by atoms with Crippen LogP contribution in [0.2, 0.25) is 0 Å². The number of hydrogen-bond acceptors (Lipinski definition) is 5. The second-order valence-corrected chi connectivity index (χ2v) is 14.4. The number of carbonyl (C=O) groups is 2. The summed E-state index contributed by atoms with van der Waals surface area (Å²) in [4.78, 5) is 34.3. The Labute approximate surface area is 290 Å². The summed E-state index contributed by atoms with van der Waals surface area (Å²) in [6, 6.07) is 38.1. The molecule has 2 aliphatic heterocycles. The number of benzene rings is 4. The van der Waals surface area contributed by atoms with Crippen LogP contribution in [0.15, 0.2) is 109 Å². The molecule has 254 valence electrons. The minimum Gasteiger partial charge on any atom is -0.478 e. The van der Waals surface area contributed by atoms with Crippen molar-refractivity contribution in [3.05, 3.63) is 120 Å². The van der Waals surface area contributed by atoms with Crippen molar-refractivity contribution in [1.82, 2.24) is 15.1 Å². The third-order valence-electron chi connectivity index (χ3n) is 10.2. The minimum atomic E-state index is -0.993. The molecule has 2 unspecified atom stereocenters. The Kier molecular flexibility index (Phi) is 9.72. The molecule has 2 atom stereocenters. The van der Waals surface area contributed by atoms with Crippen molar-refractivity contribution in [3.63, 3.8) is 0 Å². The van der Waals surface area contributed by atoms with Gasteiger partial charge >= 0.3 is 0 Å². The topological polar surface area (TPSA) is 65.1 Å². The van der Waals surface area contributed by atoms with Crippen LogP contribution in [0.4, 0.5) is 5.69 Å². The molecule has 4 aromatic rings. The van der Waals surface area contributed by atoms with E-state index in [2.05, 4.69) is 100 Å². The van der Waals surface area contributed by atoms with Gasteiger partial charge in [-0.25, -0.2) is 0 Å². The monoisotopic (exact) mass is 656 g/mol. The van der Waals surface area contributed by atoms with E-state index >= 15 is 0 Å². The van der Waals surface area contributed by atoms with Gasteiger partial charge in [0.15, 0.2) is 5.60 Å². The Morgan fingerprint density at radius 3 is 2.18 bits per heavy atom. The van der Waals surface area contributed by atoms with Crippen molar-refractivity contribution < 1.29 is 14.3 Å². The van der Waals surface area contributed by atoms with Gasteiger partial charge in [0, 0.05) is 69.5 Å². The normalized spacial score (nSPS) is 19.7. The van der Waals surface area contributed by atoms with Crippen LogP contribution in [-0.4, -0.2) is 72.5 Å². The zero-order valence-electron chi connectivity index (χ0n) is 28.8. The van der Waals surface area contributed by atoms with E-state index in [-0.39, 0.29) is 23.7 Å². The summed E-state index contributed by atoms with van der Waals surface area (Å²) in [5.74, 6) is 0.982. The molecule has 3 aliphatic rings. The molecule has 4 aromatic carbocycles. The van der Waals surface area contributed by atoms with Crippen molar-refractivity contribution >= 4 is 17.5 Å². The molecule has 0 bridgehead atoms.